The summed E-state index contributed by atoms with van der Waals surface area (Å²) in [6.45, 7) is 6.20. The highest BCUT2D eigenvalue weighted by Gasteiger charge is 2.26. The first kappa shape index (κ1) is 20.3. The predicted molar refractivity (Wildman–Crippen MR) is 94.3 cm³/mol. The Bertz CT molecular complexity index is 562. The molecule has 0 heterocycles. The molecule has 0 fully saturated rings. The zero-order valence-corrected chi connectivity index (χ0v) is 15.5. The third kappa shape index (κ3) is 6.40. The number of hydrogen-bond donors (Lipinski definition) is 1. The fourth-order valence-electron chi connectivity index (χ4n) is 2.17. The number of benzene rings is 1. The molecule has 6 heteroatoms. The summed E-state index contributed by atoms with van der Waals surface area (Å²) in [5.74, 6) is 0.159. The quantitative estimate of drug-likeness (QED) is 0.543. The Kier molecular flexibility index (Phi) is 8.61. The molecule has 0 bridgehead atoms. The van der Waals surface area contributed by atoms with E-state index in [4.69, 9.17) is 21.1 Å². The van der Waals surface area contributed by atoms with Crippen molar-refractivity contribution >= 4 is 23.5 Å². The summed E-state index contributed by atoms with van der Waals surface area (Å²) in [6.07, 6.45) is 1.62. The van der Waals surface area contributed by atoms with Crippen molar-refractivity contribution in [2.24, 2.45) is 5.92 Å². The van der Waals surface area contributed by atoms with Gasteiger partial charge in [0.15, 0.2) is 0 Å². The molecule has 0 radical (unpaired) electrons. The van der Waals surface area contributed by atoms with Crippen LogP contribution in [-0.2, 0) is 14.3 Å². The van der Waals surface area contributed by atoms with Crippen LogP contribution in [0, 0.1) is 12.8 Å². The van der Waals surface area contributed by atoms with Gasteiger partial charge in [-0.1, -0.05) is 31.9 Å². The number of carbonyl (C=O) groups excluding carboxylic acids is 2. The number of rotatable bonds is 9. The van der Waals surface area contributed by atoms with Crippen molar-refractivity contribution in [1.29, 1.82) is 0 Å². The third-order valence-corrected chi connectivity index (χ3v) is 4.35. The van der Waals surface area contributed by atoms with Gasteiger partial charge in [-0.15, -0.1) is 0 Å². The molecule has 5 nitrogen and oxygen atoms in total. The zero-order chi connectivity index (χ0) is 18.1. The predicted octanol–water partition coefficient (Wildman–Crippen LogP) is 3.51. The van der Waals surface area contributed by atoms with Crippen LogP contribution in [0.1, 0.15) is 38.7 Å². The lowest BCUT2D eigenvalue weighted by Gasteiger charge is -2.21. The molecule has 1 rings (SSSR count). The van der Waals surface area contributed by atoms with Crippen LogP contribution < -0.4 is 10.1 Å². The average molecular weight is 356 g/mol. The summed E-state index contributed by atoms with van der Waals surface area (Å²) in [4.78, 5) is 23.8. The molecule has 2 atom stereocenters. The SMILES string of the molecule is CCC(C)C(NC(=O)CCCOc1ccc(Cl)c(C)c1)C(=O)OC. The second-order valence-electron chi connectivity index (χ2n) is 5.82. The molecule has 0 aliphatic heterocycles. The van der Waals surface area contributed by atoms with Gasteiger partial charge in [0.25, 0.3) is 0 Å². The number of amides is 1. The molecule has 0 aliphatic rings. The lowest BCUT2D eigenvalue weighted by atomic mass is 9.99. The summed E-state index contributed by atoms with van der Waals surface area (Å²) in [5.41, 5.74) is 0.946. The van der Waals surface area contributed by atoms with Gasteiger partial charge in [0, 0.05) is 11.4 Å². The largest absolute Gasteiger partial charge is 0.494 e. The highest BCUT2D eigenvalue weighted by molar-refractivity contribution is 6.31. The topological polar surface area (TPSA) is 64.6 Å². The molecule has 0 aromatic heterocycles. The van der Waals surface area contributed by atoms with E-state index in [0.717, 1.165) is 17.7 Å². The Morgan fingerprint density at radius 1 is 1.33 bits per heavy atom. The number of hydrogen-bond acceptors (Lipinski definition) is 4. The first-order valence-electron chi connectivity index (χ1n) is 8.15. The summed E-state index contributed by atoms with van der Waals surface area (Å²) in [6, 6.07) is 4.84. The van der Waals surface area contributed by atoms with Crippen LogP contribution >= 0.6 is 11.6 Å². The Morgan fingerprint density at radius 3 is 2.62 bits per heavy atom. The molecule has 1 N–H and O–H groups in total. The molecule has 24 heavy (non-hydrogen) atoms. The maximum atomic E-state index is 12.0. The minimum absolute atomic E-state index is 0.0229. The normalized spacial score (nSPS) is 13.0. The standard InChI is InChI=1S/C18H26ClNO4/c1-5-12(2)17(18(22)23-4)20-16(21)7-6-10-24-14-8-9-15(19)13(3)11-14/h8-9,11-12,17H,5-7,10H2,1-4H3,(H,20,21). The van der Waals surface area contributed by atoms with Crippen molar-refractivity contribution in [3.8, 4) is 5.75 Å². The van der Waals surface area contributed by atoms with Gasteiger partial charge in [0.05, 0.1) is 13.7 Å². The van der Waals surface area contributed by atoms with Gasteiger partial charge in [-0.3, -0.25) is 4.79 Å². The van der Waals surface area contributed by atoms with Gasteiger partial charge in [-0.05, 0) is 43.0 Å². The minimum atomic E-state index is -0.604. The second kappa shape index (κ2) is 10.2. The monoisotopic (exact) mass is 355 g/mol. The van der Waals surface area contributed by atoms with E-state index in [1.165, 1.54) is 7.11 Å². The summed E-state index contributed by atoms with van der Waals surface area (Å²) in [5, 5.41) is 3.44. The summed E-state index contributed by atoms with van der Waals surface area (Å²) >= 11 is 5.96. The lowest BCUT2D eigenvalue weighted by Crippen LogP contribution is -2.45. The second-order valence-corrected chi connectivity index (χ2v) is 6.22. The molecule has 2 unspecified atom stereocenters. The van der Waals surface area contributed by atoms with Crippen molar-refractivity contribution in [2.45, 2.75) is 46.1 Å². The maximum Gasteiger partial charge on any atom is 0.328 e. The Hall–Kier alpha value is -1.75. The van der Waals surface area contributed by atoms with E-state index in [1.54, 1.807) is 12.1 Å². The number of methoxy groups -OCH3 is 1. The Balaban J connectivity index is 2.39. The van der Waals surface area contributed by atoms with Crippen molar-refractivity contribution in [3.05, 3.63) is 28.8 Å². The van der Waals surface area contributed by atoms with Crippen LogP contribution in [0.3, 0.4) is 0 Å². The van der Waals surface area contributed by atoms with Gasteiger partial charge in [0.1, 0.15) is 11.8 Å². The van der Waals surface area contributed by atoms with E-state index in [-0.39, 0.29) is 18.2 Å². The van der Waals surface area contributed by atoms with E-state index < -0.39 is 12.0 Å². The third-order valence-electron chi connectivity index (χ3n) is 3.93. The molecule has 0 saturated heterocycles. The molecule has 0 spiro atoms. The van der Waals surface area contributed by atoms with Crippen LogP contribution in [0.15, 0.2) is 18.2 Å². The smallest absolute Gasteiger partial charge is 0.328 e. The minimum Gasteiger partial charge on any atom is -0.494 e. The van der Waals surface area contributed by atoms with E-state index in [2.05, 4.69) is 5.32 Å². The molecule has 134 valence electrons. The summed E-state index contributed by atoms with van der Waals surface area (Å²) in [7, 11) is 1.33. The van der Waals surface area contributed by atoms with Crippen LogP contribution in [0.4, 0.5) is 0 Å². The van der Waals surface area contributed by atoms with Crippen molar-refractivity contribution in [3.63, 3.8) is 0 Å². The first-order valence-corrected chi connectivity index (χ1v) is 8.53. The first-order chi connectivity index (χ1) is 11.4. The molecule has 1 amide bonds. The summed E-state index contributed by atoms with van der Waals surface area (Å²) < 4.78 is 10.4. The number of ether oxygens (including phenoxy) is 2. The highest BCUT2D eigenvalue weighted by atomic mass is 35.5. The number of carbonyl (C=O) groups is 2. The van der Waals surface area contributed by atoms with Gasteiger partial charge in [-0.25, -0.2) is 4.79 Å². The van der Waals surface area contributed by atoms with Crippen molar-refractivity contribution in [2.75, 3.05) is 13.7 Å². The van der Waals surface area contributed by atoms with Crippen molar-refractivity contribution < 1.29 is 19.1 Å². The maximum absolute atomic E-state index is 12.0. The van der Waals surface area contributed by atoms with Crippen LogP contribution in [0.25, 0.3) is 0 Å². The molecule has 1 aromatic carbocycles. The fraction of sp³-hybridized carbons (Fsp3) is 0.556. The van der Waals surface area contributed by atoms with E-state index in [0.29, 0.717) is 18.1 Å². The number of aryl methyl sites for hydroxylation is 1. The Morgan fingerprint density at radius 2 is 2.04 bits per heavy atom. The van der Waals surface area contributed by atoms with Gasteiger partial charge in [0.2, 0.25) is 5.91 Å². The van der Waals surface area contributed by atoms with Crippen LogP contribution in [0.2, 0.25) is 5.02 Å². The fourth-order valence-corrected chi connectivity index (χ4v) is 2.29. The Labute approximate surface area is 148 Å². The molecule has 1 aromatic rings. The molecular weight excluding hydrogens is 330 g/mol. The van der Waals surface area contributed by atoms with E-state index in [1.807, 2.05) is 26.8 Å². The van der Waals surface area contributed by atoms with E-state index >= 15 is 0 Å². The molecule has 0 saturated carbocycles. The molecular formula is C18H26ClNO4. The van der Waals surface area contributed by atoms with Gasteiger partial charge >= 0.3 is 5.97 Å². The molecule has 0 aliphatic carbocycles. The average Bonchev–Trinajstić information content (AvgIpc) is 2.58. The lowest BCUT2D eigenvalue weighted by molar-refractivity contribution is -0.146. The number of esters is 1. The van der Waals surface area contributed by atoms with Crippen LogP contribution in [0.5, 0.6) is 5.75 Å². The number of nitrogens with one attached hydrogen (secondary N) is 1. The van der Waals surface area contributed by atoms with Gasteiger partial charge in [-0.2, -0.15) is 0 Å². The van der Waals surface area contributed by atoms with E-state index in [9.17, 15) is 9.59 Å². The highest BCUT2D eigenvalue weighted by Crippen LogP contribution is 2.21. The zero-order valence-electron chi connectivity index (χ0n) is 14.7. The number of halogens is 1. The van der Waals surface area contributed by atoms with Crippen molar-refractivity contribution in [1.82, 2.24) is 5.32 Å². The van der Waals surface area contributed by atoms with Gasteiger partial charge < -0.3 is 14.8 Å². The van der Waals surface area contributed by atoms with Crippen LogP contribution in [-0.4, -0.2) is 31.6 Å².